The average Bonchev–Trinajstić information content (AvgIpc) is 3.18. The van der Waals surface area contributed by atoms with Gasteiger partial charge in [0.05, 0.1) is 13.7 Å². The Bertz CT molecular complexity index is 934. The number of benzene rings is 1. The highest BCUT2D eigenvalue weighted by molar-refractivity contribution is 5.78. The number of aromatic nitrogens is 4. The molecule has 1 aliphatic heterocycles. The number of ether oxygens (including phenoxy) is 2. The lowest BCUT2D eigenvalue weighted by Gasteiger charge is -2.22. The predicted molar refractivity (Wildman–Crippen MR) is 108 cm³/mol. The zero-order chi connectivity index (χ0) is 19.3. The lowest BCUT2D eigenvalue weighted by Crippen LogP contribution is -2.25. The summed E-state index contributed by atoms with van der Waals surface area (Å²) in [4.78, 5) is 13.9. The van der Waals surface area contributed by atoms with Gasteiger partial charge >= 0.3 is 0 Å². The minimum atomic E-state index is 0.493. The first-order valence-corrected chi connectivity index (χ1v) is 9.55. The summed E-state index contributed by atoms with van der Waals surface area (Å²) < 4.78 is 12.9. The number of nitrogens with zero attached hydrogens (tertiary/aromatic N) is 4. The number of rotatable bonds is 6. The van der Waals surface area contributed by atoms with Gasteiger partial charge in [0.25, 0.3) is 0 Å². The van der Waals surface area contributed by atoms with Crippen molar-refractivity contribution in [1.29, 1.82) is 0 Å². The Kier molecular flexibility index (Phi) is 5.53. The number of hydrogen-bond acceptors (Lipinski definition) is 6. The van der Waals surface area contributed by atoms with Gasteiger partial charge in [-0.25, -0.2) is 15.0 Å². The van der Waals surface area contributed by atoms with Crippen molar-refractivity contribution in [2.45, 2.75) is 12.8 Å². The maximum Gasteiger partial charge on any atom is 0.223 e. The van der Waals surface area contributed by atoms with Gasteiger partial charge in [-0.2, -0.15) is 0 Å². The highest BCUT2D eigenvalue weighted by atomic mass is 16.5. The molecule has 3 aromatic rings. The largest absolute Gasteiger partial charge is 0.497 e. The SMILES string of the molecule is COc1cccc(-c2cnc(NCC3CCCOC3)nc2-c2nccn2C)c1. The highest BCUT2D eigenvalue weighted by Crippen LogP contribution is 2.31. The summed E-state index contributed by atoms with van der Waals surface area (Å²) >= 11 is 0. The van der Waals surface area contributed by atoms with E-state index in [1.807, 2.05) is 48.3 Å². The van der Waals surface area contributed by atoms with Crippen LogP contribution in [0, 0.1) is 5.92 Å². The van der Waals surface area contributed by atoms with Crippen molar-refractivity contribution in [3.63, 3.8) is 0 Å². The molecule has 1 aliphatic rings. The Morgan fingerprint density at radius 1 is 1.32 bits per heavy atom. The number of aryl methyl sites for hydroxylation is 1. The second-order valence-electron chi connectivity index (χ2n) is 7.01. The summed E-state index contributed by atoms with van der Waals surface area (Å²) in [5.74, 6) is 2.69. The fraction of sp³-hybridized carbons (Fsp3) is 0.381. The van der Waals surface area contributed by atoms with E-state index in [2.05, 4.69) is 15.3 Å². The molecular weight excluding hydrogens is 354 g/mol. The average molecular weight is 379 g/mol. The molecule has 1 N–H and O–H groups in total. The van der Waals surface area contributed by atoms with Crippen molar-refractivity contribution in [2.24, 2.45) is 13.0 Å². The summed E-state index contributed by atoms with van der Waals surface area (Å²) in [6.45, 7) is 2.46. The molecule has 1 unspecified atom stereocenters. The van der Waals surface area contributed by atoms with Crippen LogP contribution in [0.2, 0.25) is 0 Å². The summed E-state index contributed by atoms with van der Waals surface area (Å²) in [6.07, 6.45) is 7.83. The molecule has 0 saturated carbocycles. The number of hydrogen-bond donors (Lipinski definition) is 1. The van der Waals surface area contributed by atoms with E-state index in [0.29, 0.717) is 11.9 Å². The molecule has 0 spiro atoms. The third kappa shape index (κ3) is 3.99. The maximum absolute atomic E-state index is 5.56. The van der Waals surface area contributed by atoms with E-state index < -0.39 is 0 Å². The Labute approximate surface area is 164 Å². The van der Waals surface area contributed by atoms with Gasteiger partial charge < -0.3 is 19.4 Å². The second-order valence-corrected chi connectivity index (χ2v) is 7.01. The molecule has 146 valence electrons. The van der Waals surface area contributed by atoms with Crippen LogP contribution in [-0.4, -0.2) is 46.4 Å². The molecule has 3 heterocycles. The Hall–Kier alpha value is -2.93. The lowest BCUT2D eigenvalue weighted by molar-refractivity contribution is 0.0594. The van der Waals surface area contributed by atoms with E-state index >= 15 is 0 Å². The van der Waals surface area contributed by atoms with Gasteiger partial charge in [0.2, 0.25) is 5.95 Å². The molecule has 0 bridgehead atoms. The Morgan fingerprint density at radius 3 is 3.00 bits per heavy atom. The molecule has 1 fully saturated rings. The molecule has 7 heteroatoms. The van der Waals surface area contributed by atoms with E-state index in [4.69, 9.17) is 14.5 Å². The molecule has 1 aromatic carbocycles. The maximum atomic E-state index is 5.56. The van der Waals surface area contributed by atoms with Crippen LogP contribution in [0.25, 0.3) is 22.6 Å². The first-order valence-electron chi connectivity index (χ1n) is 9.55. The van der Waals surface area contributed by atoms with Crippen LogP contribution in [0.15, 0.2) is 42.9 Å². The zero-order valence-corrected chi connectivity index (χ0v) is 16.3. The van der Waals surface area contributed by atoms with Crippen LogP contribution < -0.4 is 10.1 Å². The van der Waals surface area contributed by atoms with Crippen LogP contribution >= 0.6 is 0 Å². The zero-order valence-electron chi connectivity index (χ0n) is 16.3. The molecule has 0 amide bonds. The van der Waals surface area contributed by atoms with Gasteiger partial charge in [-0.1, -0.05) is 12.1 Å². The molecular formula is C21H25N5O2. The van der Waals surface area contributed by atoms with Crippen LogP contribution in [0.5, 0.6) is 5.75 Å². The minimum absolute atomic E-state index is 0.493. The fourth-order valence-electron chi connectivity index (χ4n) is 3.44. The molecule has 28 heavy (non-hydrogen) atoms. The highest BCUT2D eigenvalue weighted by Gasteiger charge is 2.17. The first kappa shape index (κ1) is 18.4. The van der Waals surface area contributed by atoms with Crippen LogP contribution in [0.1, 0.15) is 12.8 Å². The van der Waals surface area contributed by atoms with E-state index in [9.17, 15) is 0 Å². The first-order chi connectivity index (χ1) is 13.7. The number of imidazole rings is 1. The Balaban J connectivity index is 1.67. The lowest BCUT2D eigenvalue weighted by atomic mass is 10.0. The molecule has 4 rings (SSSR count). The van der Waals surface area contributed by atoms with Crippen molar-refractivity contribution in [2.75, 3.05) is 32.2 Å². The van der Waals surface area contributed by atoms with Crippen molar-refractivity contribution < 1.29 is 9.47 Å². The van der Waals surface area contributed by atoms with Gasteiger partial charge in [-0.05, 0) is 36.5 Å². The minimum Gasteiger partial charge on any atom is -0.497 e. The monoisotopic (exact) mass is 379 g/mol. The molecule has 2 aromatic heterocycles. The summed E-state index contributed by atoms with van der Waals surface area (Å²) in [6, 6.07) is 7.90. The number of nitrogens with one attached hydrogen (secondary N) is 1. The van der Waals surface area contributed by atoms with E-state index in [0.717, 1.165) is 54.6 Å². The van der Waals surface area contributed by atoms with E-state index in [-0.39, 0.29) is 0 Å². The summed E-state index contributed by atoms with van der Waals surface area (Å²) in [5.41, 5.74) is 2.70. The second kappa shape index (κ2) is 8.39. The van der Waals surface area contributed by atoms with Crippen molar-refractivity contribution >= 4 is 5.95 Å². The normalized spacial score (nSPS) is 16.7. The fourth-order valence-corrected chi connectivity index (χ4v) is 3.44. The van der Waals surface area contributed by atoms with Gasteiger partial charge in [-0.3, -0.25) is 0 Å². The van der Waals surface area contributed by atoms with E-state index in [1.165, 1.54) is 6.42 Å². The topological polar surface area (TPSA) is 74.1 Å². The summed E-state index contributed by atoms with van der Waals surface area (Å²) in [5, 5.41) is 3.37. The predicted octanol–water partition coefficient (Wildman–Crippen LogP) is 3.39. The molecule has 1 atom stereocenters. The van der Waals surface area contributed by atoms with Crippen LogP contribution in [0.4, 0.5) is 5.95 Å². The molecule has 0 radical (unpaired) electrons. The third-order valence-electron chi connectivity index (χ3n) is 5.01. The standard InChI is InChI=1S/C21H25N5O2/c1-26-9-8-22-20(26)19-18(16-6-3-7-17(11-16)27-2)13-24-21(25-19)23-12-15-5-4-10-28-14-15/h3,6-9,11,13,15H,4-5,10,12,14H2,1-2H3,(H,23,24,25). The van der Waals surface area contributed by atoms with E-state index in [1.54, 1.807) is 13.3 Å². The third-order valence-corrected chi connectivity index (χ3v) is 5.01. The van der Waals surface area contributed by atoms with Gasteiger partial charge in [0.1, 0.15) is 11.4 Å². The summed E-state index contributed by atoms with van der Waals surface area (Å²) in [7, 11) is 3.63. The molecule has 1 saturated heterocycles. The van der Waals surface area contributed by atoms with Gasteiger partial charge in [0.15, 0.2) is 5.82 Å². The Morgan fingerprint density at radius 2 is 2.25 bits per heavy atom. The van der Waals surface area contributed by atoms with Crippen molar-refractivity contribution in [3.8, 4) is 28.4 Å². The number of methoxy groups -OCH3 is 1. The van der Waals surface area contributed by atoms with Gasteiger partial charge in [-0.15, -0.1) is 0 Å². The van der Waals surface area contributed by atoms with Crippen LogP contribution in [-0.2, 0) is 11.8 Å². The van der Waals surface area contributed by atoms with Crippen molar-refractivity contribution in [3.05, 3.63) is 42.9 Å². The number of anilines is 1. The quantitative estimate of drug-likeness (QED) is 0.708. The molecule has 7 nitrogen and oxygen atoms in total. The smallest absolute Gasteiger partial charge is 0.223 e. The van der Waals surface area contributed by atoms with Crippen molar-refractivity contribution in [1.82, 2.24) is 19.5 Å². The van der Waals surface area contributed by atoms with Gasteiger partial charge in [0, 0.05) is 44.4 Å². The van der Waals surface area contributed by atoms with Crippen LogP contribution in [0.3, 0.4) is 0 Å². The molecule has 0 aliphatic carbocycles.